The lowest BCUT2D eigenvalue weighted by atomic mass is 10.1. The minimum Gasteiger partial charge on any atom is -0.324 e. The average Bonchev–Trinajstić information content (AvgIpc) is 2.85. The highest BCUT2D eigenvalue weighted by Gasteiger charge is 2.32. The molecule has 0 aromatic heterocycles. The van der Waals surface area contributed by atoms with E-state index in [-0.39, 0.29) is 17.3 Å². The summed E-state index contributed by atoms with van der Waals surface area (Å²) in [6.45, 7) is 1.31. The molecule has 0 bridgehead atoms. The van der Waals surface area contributed by atoms with E-state index < -0.39 is 21.7 Å². The smallest absolute Gasteiger partial charge is 0.264 e. The lowest BCUT2D eigenvalue weighted by Gasteiger charge is -2.04. The number of benzene rings is 2. The van der Waals surface area contributed by atoms with Crippen molar-refractivity contribution in [2.75, 3.05) is 11.9 Å². The number of halogens is 2. The minimum atomic E-state index is -3.83. The number of hydrogen-bond donors (Lipinski definition) is 2. The molecule has 0 atom stereocenters. The Balaban J connectivity index is 1.79. The van der Waals surface area contributed by atoms with Gasteiger partial charge in [0, 0.05) is 16.3 Å². The zero-order chi connectivity index (χ0) is 19.6. The van der Waals surface area contributed by atoms with Crippen molar-refractivity contribution in [2.24, 2.45) is 4.99 Å². The van der Waals surface area contributed by atoms with Crippen LogP contribution in [0, 0.1) is 5.82 Å². The largest absolute Gasteiger partial charge is 0.324 e. The molecular formula is C18H15ClFN3O3S. The van der Waals surface area contributed by atoms with Gasteiger partial charge in [0.15, 0.2) is 0 Å². The summed E-state index contributed by atoms with van der Waals surface area (Å²) in [5.41, 5.74) is 1.26. The summed E-state index contributed by atoms with van der Waals surface area (Å²) in [5, 5.41) is 3.18. The molecule has 0 spiro atoms. The first-order valence-electron chi connectivity index (χ1n) is 7.86. The summed E-state index contributed by atoms with van der Waals surface area (Å²) in [7, 11) is -3.83. The van der Waals surface area contributed by atoms with Crippen LogP contribution in [-0.4, -0.2) is 26.7 Å². The molecule has 140 valence electrons. The topological polar surface area (TPSA) is 87.6 Å². The van der Waals surface area contributed by atoms with Gasteiger partial charge in [-0.15, -0.1) is 0 Å². The highest BCUT2D eigenvalue weighted by atomic mass is 35.5. The van der Waals surface area contributed by atoms with E-state index in [2.05, 4.69) is 15.0 Å². The zero-order valence-electron chi connectivity index (χ0n) is 14.2. The molecule has 0 aliphatic carbocycles. The maximum absolute atomic E-state index is 13.1. The van der Waals surface area contributed by atoms with Crippen LogP contribution >= 0.6 is 11.6 Å². The standard InChI is InChI=1S/C18H15ClFN3O3S/c1-11-17(12-2-6-14(20)7-3-12)27(25,26)23-18(11)21-10-16(24)22-15-8-4-13(19)5-9-15/h2-9H,10H2,1H3,(H,21,23)(H,22,24). The number of nitrogens with one attached hydrogen (secondary N) is 2. The van der Waals surface area contributed by atoms with Gasteiger partial charge in [-0.3, -0.25) is 14.5 Å². The zero-order valence-corrected chi connectivity index (χ0v) is 15.7. The first kappa shape index (κ1) is 19.1. The number of carbonyl (C=O) groups excluding carboxylic acids is 1. The summed E-state index contributed by atoms with van der Waals surface area (Å²) in [4.78, 5) is 16.1. The van der Waals surface area contributed by atoms with Crippen LogP contribution in [0.4, 0.5) is 10.1 Å². The van der Waals surface area contributed by atoms with Gasteiger partial charge in [-0.25, -0.2) is 12.8 Å². The van der Waals surface area contributed by atoms with Gasteiger partial charge in [0.2, 0.25) is 5.91 Å². The van der Waals surface area contributed by atoms with E-state index in [4.69, 9.17) is 11.6 Å². The molecule has 3 rings (SSSR count). The molecule has 0 saturated heterocycles. The van der Waals surface area contributed by atoms with Crippen molar-refractivity contribution in [3.05, 3.63) is 70.5 Å². The monoisotopic (exact) mass is 407 g/mol. The Morgan fingerprint density at radius 3 is 2.41 bits per heavy atom. The molecular weight excluding hydrogens is 393 g/mol. The first-order chi connectivity index (χ1) is 12.8. The maximum atomic E-state index is 13.1. The van der Waals surface area contributed by atoms with Crippen LogP contribution in [-0.2, 0) is 14.8 Å². The number of hydrogen-bond acceptors (Lipinski definition) is 4. The van der Waals surface area contributed by atoms with Crippen molar-refractivity contribution < 1.29 is 17.6 Å². The molecule has 2 aromatic carbocycles. The second-order valence-electron chi connectivity index (χ2n) is 5.79. The van der Waals surface area contributed by atoms with E-state index in [0.29, 0.717) is 21.8 Å². The fourth-order valence-corrected chi connectivity index (χ4v) is 4.22. The number of amides is 1. The van der Waals surface area contributed by atoms with Crippen LogP contribution in [0.3, 0.4) is 0 Å². The third kappa shape index (κ3) is 4.35. The summed E-state index contributed by atoms with van der Waals surface area (Å²) < 4.78 is 40.2. The lowest BCUT2D eigenvalue weighted by Crippen LogP contribution is -2.25. The van der Waals surface area contributed by atoms with Crippen molar-refractivity contribution in [3.63, 3.8) is 0 Å². The van der Waals surface area contributed by atoms with Crippen molar-refractivity contribution >= 4 is 44.0 Å². The summed E-state index contributed by atoms with van der Waals surface area (Å²) >= 11 is 5.79. The van der Waals surface area contributed by atoms with Gasteiger partial charge < -0.3 is 5.32 Å². The molecule has 27 heavy (non-hydrogen) atoms. The number of rotatable bonds is 4. The van der Waals surface area contributed by atoms with Gasteiger partial charge in [0.1, 0.15) is 23.1 Å². The van der Waals surface area contributed by atoms with Crippen LogP contribution in [0.25, 0.3) is 4.91 Å². The molecule has 2 aromatic rings. The Hall–Kier alpha value is -2.71. The highest BCUT2D eigenvalue weighted by Crippen LogP contribution is 2.29. The minimum absolute atomic E-state index is 0.0133. The maximum Gasteiger partial charge on any atom is 0.264 e. The molecule has 1 heterocycles. The molecule has 6 nitrogen and oxygen atoms in total. The predicted molar refractivity (Wildman–Crippen MR) is 103 cm³/mol. The molecule has 2 N–H and O–H groups in total. The lowest BCUT2D eigenvalue weighted by molar-refractivity contribution is -0.114. The van der Waals surface area contributed by atoms with E-state index in [1.54, 1.807) is 31.2 Å². The van der Waals surface area contributed by atoms with Crippen LogP contribution in [0.15, 0.2) is 59.1 Å². The number of sulfonamides is 1. The third-order valence-corrected chi connectivity index (χ3v) is 5.60. The predicted octanol–water partition coefficient (Wildman–Crippen LogP) is 3.18. The molecule has 0 saturated carbocycles. The van der Waals surface area contributed by atoms with Crippen LogP contribution in [0.5, 0.6) is 0 Å². The van der Waals surface area contributed by atoms with Crippen LogP contribution in [0.1, 0.15) is 12.5 Å². The van der Waals surface area contributed by atoms with Crippen molar-refractivity contribution in [1.82, 2.24) is 4.72 Å². The third-order valence-electron chi connectivity index (χ3n) is 3.81. The fraction of sp³-hybridized carbons (Fsp3) is 0.111. The number of aliphatic imine (C=N–C) groups is 1. The molecule has 0 radical (unpaired) electrons. The average molecular weight is 408 g/mol. The summed E-state index contributed by atoms with van der Waals surface area (Å²) in [5.74, 6) is -0.791. The molecule has 1 aliphatic rings. The molecule has 0 unspecified atom stereocenters. The molecule has 9 heteroatoms. The Bertz CT molecular complexity index is 1050. The van der Waals surface area contributed by atoms with E-state index >= 15 is 0 Å². The number of nitrogens with zero attached hydrogens (tertiary/aromatic N) is 1. The second-order valence-corrected chi connectivity index (χ2v) is 7.84. The number of anilines is 1. The van der Waals surface area contributed by atoms with Crippen molar-refractivity contribution in [1.29, 1.82) is 0 Å². The van der Waals surface area contributed by atoms with Crippen LogP contribution < -0.4 is 10.0 Å². The van der Waals surface area contributed by atoms with E-state index in [9.17, 15) is 17.6 Å². The second kappa shape index (κ2) is 7.50. The van der Waals surface area contributed by atoms with Crippen molar-refractivity contribution in [3.8, 4) is 0 Å². The van der Waals surface area contributed by atoms with Gasteiger partial charge in [0.05, 0.1) is 0 Å². The van der Waals surface area contributed by atoms with Crippen LogP contribution in [0.2, 0.25) is 5.02 Å². The normalized spacial score (nSPS) is 17.1. The van der Waals surface area contributed by atoms with E-state index in [0.717, 1.165) is 0 Å². The van der Waals surface area contributed by atoms with Gasteiger partial charge >= 0.3 is 0 Å². The Kier molecular flexibility index (Phi) is 5.29. The number of carbonyl (C=O) groups is 1. The molecule has 1 amide bonds. The van der Waals surface area contributed by atoms with Gasteiger partial charge in [-0.05, 0) is 48.9 Å². The molecule has 0 fully saturated rings. The van der Waals surface area contributed by atoms with Gasteiger partial charge in [-0.2, -0.15) is 0 Å². The SMILES string of the molecule is CC1=C(c2ccc(F)cc2)S(=O)(=O)NC1=NCC(=O)Nc1ccc(Cl)cc1. The summed E-state index contributed by atoms with van der Waals surface area (Å²) in [6, 6.07) is 11.7. The Morgan fingerprint density at radius 2 is 1.78 bits per heavy atom. The van der Waals surface area contributed by atoms with E-state index in [1.165, 1.54) is 24.3 Å². The van der Waals surface area contributed by atoms with E-state index in [1.807, 2.05) is 0 Å². The quantitative estimate of drug-likeness (QED) is 0.815. The van der Waals surface area contributed by atoms with Gasteiger partial charge in [0.25, 0.3) is 10.0 Å². The number of amidine groups is 1. The fourth-order valence-electron chi connectivity index (χ4n) is 2.57. The van der Waals surface area contributed by atoms with Crippen molar-refractivity contribution in [2.45, 2.75) is 6.92 Å². The van der Waals surface area contributed by atoms with Gasteiger partial charge in [-0.1, -0.05) is 23.7 Å². The first-order valence-corrected chi connectivity index (χ1v) is 9.72. The summed E-state index contributed by atoms with van der Waals surface area (Å²) in [6.07, 6.45) is 0. The Morgan fingerprint density at radius 1 is 1.15 bits per heavy atom. The Labute approximate surface area is 160 Å². The molecule has 1 aliphatic heterocycles. The highest BCUT2D eigenvalue weighted by molar-refractivity contribution is 8.00.